The number of hydrogen-bond donors (Lipinski definition) is 3. The van der Waals surface area contributed by atoms with Crippen LogP contribution in [0.15, 0.2) is 36.4 Å². The summed E-state index contributed by atoms with van der Waals surface area (Å²) in [6, 6.07) is 8.44. The van der Waals surface area contributed by atoms with Crippen LogP contribution < -0.4 is 16.0 Å². The van der Waals surface area contributed by atoms with Crippen molar-refractivity contribution >= 4 is 41.1 Å². The first-order chi connectivity index (χ1) is 10.5. The molecule has 0 fully saturated rings. The van der Waals surface area contributed by atoms with E-state index >= 15 is 0 Å². The Balaban J connectivity index is 2.03. The van der Waals surface area contributed by atoms with Gasteiger partial charge in [-0.25, -0.2) is 9.18 Å². The third-order valence-electron chi connectivity index (χ3n) is 2.88. The van der Waals surface area contributed by atoms with Crippen molar-refractivity contribution in [3.05, 3.63) is 52.8 Å². The first-order valence-corrected chi connectivity index (χ1v) is 6.71. The van der Waals surface area contributed by atoms with E-state index in [9.17, 15) is 14.0 Å². The molecule has 0 saturated heterocycles. The molecule has 5 nitrogen and oxygen atoms in total. The van der Waals surface area contributed by atoms with Crippen molar-refractivity contribution in [1.29, 1.82) is 0 Å². The number of rotatable bonds is 4. The van der Waals surface area contributed by atoms with Crippen LogP contribution in [0.25, 0.3) is 0 Å². The number of hydrogen-bond acceptors (Lipinski definition) is 2. The molecule has 0 bridgehead atoms. The van der Waals surface area contributed by atoms with Gasteiger partial charge in [0, 0.05) is 17.1 Å². The van der Waals surface area contributed by atoms with Gasteiger partial charge < -0.3 is 16.0 Å². The zero-order valence-electron chi connectivity index (χ0n) is 11.6. The summed E-state index contributed by atoms with van der Waals surface area (Å²) in [6.07, 6.45) is 0.584. The van der Waals surface area contributed by atoms with Gasteiger partial charge in [0.1, 0.15) is 5.82 Å². The maximum atomic E-state index is 13.0. The number of halogens is 2. The number of anilines is 3. The molecule has 0 unspecified atom stereocenters. The summed E-state index contributed by atoms with van der Waals surface area (Å²) in [5, 5.41) is 7.65. The minimum absolute atomic E-state index is 0.0714. The fourth-order valence-electron chi connectivity index (χ4n) is 1.83. The van der Waals surface area contributed by atoms with Crippen LogP contribution in [0.3, 0.4) is 0 Å². The van der Waals surface area contributed by atoms with Crippen LogP contribution in [0.2, 0.25) is 5.02 Å². The van der Waals surface area contributed by atoms with Gasteiger partial charge >= 0.3 is 6.03 Å². The van der Waals surface area contributed by atoms with Crippen molar-refractivity contribution in [1.82, 2.24) is 0 Å². The summed E-state index contributed by atoms with van der Waals surface area (Å²) in [5.41, 5.74) is 2.39. The van der Waals surface area contributed by atoms with Crippen molar-refractivity contribution in [2.24, 2.45) is 0 Å². The summed E-state index contributed by atoms with van der Waals surface area (Å²) < 4.78 is 13.0. The van der Waals surface area contributed by atoms with E-state index in [4.69, 9.17) is 11.6 Å². The van der Waals surface area contributed by atoms with Gasteiger partial charge in [-0.05, 0) is 48.9 Å². The van der Waals surface area contributed by atoms with Crippen molar-refractivity contribution in [2.75, 3.05) is 16.0 Å². The minimum Gasteiger partial charge on any atom is -0.328 e. The molecule has 0 heterocycles. The molecule has 0 atom stereocenters. The second-order valence-electron chi connectivity index (χ2n) is 4.50. The highest BCUT2D eigenvalue weighted by molar-refractivity contribution is 6.31. The molecule has 0 aliphatic carbocycles. The van der Waals surface area contributed by atoms with Crippen LogP contribution in [-0.2, 0) is 4.79 Å². The summed E-state index contributed by atoms with van der Waals surface area (Å²) in [4.78, 5) is 22.3. The monoisotopic (exact) mass is 321 g/mol. The Labute approximate surface area is 131 Å². The third-order valence-corrected chi connectivity index (χ3v) is 3.17. The van der Waals surface area contributed by atoms with Crippen LogP contribution >= 0.6 is 11.6 Å². The fraction of sp³-hybridized carbons (Fsp3) is 0.0667. The van der Waals surface area contributed by atoms with E-state index in [0.717, 1.165) is 5.56 Å². The summed E-state index contributed by atoms with van der Waals surface area (Å²) in [5.74, 6) is -0.554. The third kappa shape index (κ3) is 3.95. The van der Waals surface area contributed by atoms with E-state index in [1.807, 2.05) is 0 Å². The molecule has 0 radical (unpaired) electrons. The van der Waals surface area contributed by atoms with E-state index < -0.39 is 11.8 Å². The number of aryl methyl sites for hydroxylation is 1. The predicted octanol–water partition coefficient (Wildman–Crippen LogP) is 4.00. The smallest absolute Gasteiger partial charge is 0.323 e. The Morgan fingerprint density at radius 3 is 2.36 bits per heavy atom. The standard InChI is InChI=1S/C15H13ClFN3O2/c1-9-6-10(3-5-14(9)18-8-21)19-15(22)20-11-2-4-13(17)12(16)7-11/h2-8H,1H3,(H,18,21)(H2,19,20,22). The van der Waals surface area contributed by atoms with E-state index in [2.05, 4.69) is 16.0 Å². The van der Waals surface area contributed by atoms with Gasteiger partial charge in [-0.1, -0.05) is 11.6 Å². The highest BCUT2D eigenvalue weighted by Gasteiger charge is 2.06. The molecule has 22 heavy (non-hydrogen) atoms. The SMILES string of the molecule is Cc1cc(NC(=O)Nc2ccc(F)c(Cl)c2)ccc1NC=O. The second kappa shape index (κ2) is 6.91. The van der Waals surface area contributed by atoms with Gasteiger partial charge in [-0.15, -0.1) is 0 Å². The molecule has 7 heteroatoms. The summed E-state index contributed by atoms with van der Waals surface area (Å²) >= 11 is 5.64. The lowest BCUT2D eigenvalue weighted by molar-refractivity contribution is -0.105. The Bertz CT molecular complexity index is 722. The van der Waals surface area contributed by atoms with Gasteiger partial charge in [-0.2, -0.15) is 0 Å². The van der Waals surface area contributed by atoms with Gasteiger partial charge in [0.15, 0.2) is 0 Å². The molecule has 0 aliphatic rings. The van der Waals surface area contributed by atoms with Crippen LogP contribution in [0.1, 0.15) is 5.56 Å². The van der Waals surface area contributed by atoms with Crippen molar-refractivity contribution in [3.63, 3.8) is 0 Å². The van der Waals surface area contributed by atoms with Crippen LogP contribution in [0.4, 0.5) is 26.2 Å². The molecule has 0 aliphatic heterocycles. The van der Waals surface area contributed by atoms with Crippen LogP contribution in [0, 0.1) is 12.7 Å². The summed E-state index contributed by atoms with van der Waals surface area (Å²) in [7, 11) is 0. The van der Waals surface area contributed by atoms with Gasteiger partial charge in [0.05, 0.1) is 5.02 Å². The number of nitrogens with one attached hydrogen (secondary N) is 3. The number of amides is 3. The second-order valence-corrected chi connectivity index (χ2v) is 4.91. The predicted molar refractivity (Wildman–Crippen MR) is 84.9 cm³/mol. The van der Waals surface area contributed by atoms with Gasteiger partial charge in [-0.3, -0.25) is 4.79 Å². The van der Waals surface area contributed by atoms with E-state index in [-0.39, 0.29) is 5.02 Å². The summed E-state index contributed by atoms with van der Waals surface area (Å²) in [6.45, 7) is 1.80. The van der Waals surface area contributed by atoms with E-state index in [0.29, 0.717) is 23.5 Å². The molecule has 0 spiro atoms. The van der Waals surface area contributed by atoms with E-state index in [1.54, 1.807) is 25.1 Å². The van der Waals surface area contributed by atoms with Crippen LogP contribution in [-0.4, -0.2) is 12.4 Å². The topological polar surface area (TPSA) is 70.2 Å². The van der Waals surface area contributed by atoms with Crippen molar-refractivity contribution in [3.8, 4) is 0 Å². The largest absolute Gasteiger partial charge is 0.328 e. The van der Waals surface area contributed by atoms with Crippen molar-refractivity contribution in [2.45, 2.75) is 6.92 Å². The number of carbonyl (C=O) groups is 2. The fourth-order valence-corrected chi connectivity index (χ4v) is 2.01. The average Bonchev–Trinajstić information content (AvgIpc) is 2.46. The highest BCUT2D eigenvalue weighted by Crippen LogP contribution is 2.21. The molecule has 0 aromatic heterocycles. The van der Waals surface area contributed by atoms with Crippen molar-refractivity contribution < 1.29 is 14.0 Å². The Kier molecular flexibility index (Phi) is 4.95. The molecule has 2 aromatic carbocycles. The molecular formula is C15H13ClFN3O2. The Morgan fingerprint density at radius 1 is 1.14 bits per heavy atom. The molecule has 2 rings (SSSR count). The highest BCUT2D eigenvalue weighted by atomic mass is 35.5. The first-order valence-electron chi connectivity index (χ1n) is 6.33. The first kappa shape index (κ1) is 15.8. The maximum absolute atomic E-state index is 13.0. The number of carbonyl (C=O) groups excluding carboxylic acids is 2. The lowest BCUT2D eigenvalue weighted by Crippen LogP contribution is -2.19. The van der Waals surface area contributed by atoms with E-state index in [1.165, 1.54) is 18.2 Å². The maximum Gasteiger partial charge on any atom is 0.323 e. The molecule has 114 valence electrons. The zero-order valence-corrected chi connectivity index (χ0v) is 12.4. The molecule has 0 saturated carbocycles. The molecular weight excluding hydrogens is 309 g/mol. The van der Waals surface area contributed by atoms with Gasteiger partial charge in [0.2, 0.25) is 6.41 Å². The van der Waals surface area contributed by atoms with Crippen LogP contribution in [0.5, 0.6) is 0 Å². The quantitative estimate of drug-likeness (QED) is 0.745. The average molecular weight is 322 g/mol. The molecule has 2 aromatic rings. The molecule has 3 N–H and O–H groups in total. The lowest BCUT2D eigenvalue weighted by Gasteiger charge is -2.10. The number of benzene rings is 2. The zero-order chi connectivity index (χ0) is 16.1. The van der Waals surface area contributed by atoms with Gasteiger partial charge in [0.25, 0.3) is 0 Å². The number of urea groups is 1. The Hall–Kier alpha value is -2.60. The normalized spacial score (nSPS) is 9.95. The Morgan fingerprint density at radius 2 is 1.77 bits per heavy atom. The molecule has 3 amide bonds. The minimum atomic E-state index is -0.554. The lowest BCUT2D eigenvalue weighted by atomic mass is 10.2.